The van der Waals surface area contributed by atoms with Gasteiger partial charge in [-0.3, -0.25) is 0 Å². The van der Waals surface area contributed by atoms with Crippen molar-refractivity contribution in [3.8, 4) is 11.5 Å². The van der Waals surface area contributed by atoms with Crippen molar-refractivity contribution in [3.05, 3.63) is 53.8 Å². The molecule has 3 rings (SSSR count). The van der Waals surface area contributed by atoms with E-state index in [1.54, 1.807) is 18.2 Å². The first-order valence-corrected chi connectivity index (χ1v) is 6.78. The Morgan fingerprint density at radius 2 is 1.95 bits per heavy atom. The van der Waals surface area contributed by atoms with Crippen LogP contribution >= 0.6 is 0 Å². The monoisotopic (exact) mass is 269 g/mol. The van der Waals surface area contributed by atoms with E-state index in [1.807, 2.05) is 18.2 Å². The zero-order chi connectivity index (χ0) is 14.1. The van der Waals surface area contributed by atoms with Crippen LogP contribution in [0.1, 0.15) is 19.4 Å². The van der Waals surface area contributed by atoms with Crippen LogP contribution in [-0.2, 0) is 6.42 Å². The van der Waals surface area contributed by atoms with Crippen LogP contribution in [0, 0.1) is 11.7 Å². The lowest BCUT2D eigenvalue weighted by Crippen LogP contribution is -1.93. The molecule has 0 N–H and O–H groups in total. The minimum absolute atomic E-state index is 0.318. The number of hydrogen-bond acceptors (Lipinski definition) is 2. The Bertz CT molecular complexity index is 746. The third-order valence-corrected chi connectivity index (χ3v) is 3.20. The van der Waals surface area contributed by atoms with E-state index < -0.39 is 0 Å². The van der Waals surface area contributed by atoms with Crippen molar-refractivity contribution in [2.24, 2.45) is 5.92 Å². The number of rotatable bonds is 3. The Hall–Kier alpha value is -2.16. The summed E-state index contributed by atoms with van der Waals surface area (Å²) in [5.74, 6) is 0.603. The SMILES string of the molecule is CC(C)Cc1ccc2oc(-c3ccccc3F)nc2c1. The third kappa shape index (κ3) is 2.44. The molecular weight excluding hydrogens is 253 g/mol. The van der Waals surface area contributed by atoms with Crippen molar-refractivity contribution in [2.45, 2.75) is 20.3 Å². The van der Waals surface area contributed by atoms with Gasteiger partial charge in [0.1, 0.15) is 11.3 Å². The number of oxazole rings is 1. The molecule has 0 aliphatic carbocycles. The maximum absolute atomic E-state index is 13.8. The van der Waals surface area contributed by atoms with E-state index in [9.17, 15) is 4.39 Å². The van der Waals surface area contributed by atoms with Gasteiger partial charge in [0.05, 0.1) is 5.56 Å². The number of benzene rings is 2. The van der Waals surface area contributed by atoms with Crippen molar-refractivity contribution in [3.63, 3.8) is 0 Å². The van der Waals surface area contributed by atoms with Gasteiger partial charge in [0.25, 0.3) is 0 Å². The van der Waals surface area contributed by atoms with E-state index in [2.05, 4.69) is 18.8 Å². The molecule has 0 amide bonds. The first-order valence-electron chi connectivity index (χ1n) is 6.78. The van der Waals surface area contributed by atoms with Crippen molar-refractivity contribution in [1.82, 2.24) is 4.98 Å². The highest BCUT2D eigenvalue weighted by atomic mass is 19.1. The second-order valence-electron chi connectivity index (χ2n) is 5.40. The summed E-state index contributed by atoms with van der Waals surface area (Å²) < 4.78 is 19.4. The summed E-state index contributed by atoms with van der Waals surface area (Å²) in [7, 11) is 0. The molecule has 1 heterocycles. The molecule has 0 radical (unpaired) electrons. The van der Waals surface area contributed by atoms with Gasteiger partial charge in [0.15, 0.2) is 5.58 Å². The average Bonchev–Trinajstić information content (AvgIpc) is 2.81. The highest BCUT2D eigenvalue weighted by Crippen LogP contribution is 2.27. The number of aromatic nitrogens is 1. The van der Waals surface area contributed by atoms with Crippen LogP contribution in [0.2, 0.25) is 0 Å². The second kappa shape index (κ2) is 5.08. The molecule has 3 aromatic rings. The quantitative estimate of drug-likeness (QED) is 0.680. The van der Waals surface area contributed by atoms with E-state index >= 15 is 0 Å². The molecule has 0 unspecified atom stereocenters. The fourth-order valence-electron chi connectivity index (χ4n) is 2.32. The Morgan fingerprint density at radius 3 is 2.70 bits per heavy atom. The van der Waals surface area contributed by atoms with Crippen LogP contribution < -0.4 is 0 Å². The summed E-state index contributed by atoms with van der Waals surface area (Å²) in [6.07, 6.45) is 0.998. The summed E-state index contributed by atoms with van der Waals surface area (Å²) in [6.45, 7) is 4.36. The van der Waals surface area contributed by atoms with Gasteiger partial charge < -0.3 is 4.42 Å². The molecule has 0 bridgehead atoms. The van der Waals surface area contributed by atoms with Crippen molar-refractivity contribution < 1.29 is 8.81 Å². The first kappa shape index (κ1) is 12.9. The largest absolute Gasteiger partial charge is 0.436 e. The maximum Gasteiger partial charge on any atom is 0.230 e. The zero-order valence-corrected chi connectivity index (χ0v) is 11.6. The lowest BCUT2D eigenvalue weighted by molar-refractivity contribution is 0.593. The third-order valence-electron chi connectivity index (χ3n) is 3.20. The predicted molar refractivity (Wildman–Crippen MR) is 77.9 cm³/mol. The van der Waals surface area contributed by atoms with Crippen molar-refractivity contribution >= 4 is 11.1 Å². The van der Waals surface area contributed by atoms with Gasteiger partial charge in [0.2, 0.25) is 5.89 Å². The van der Waals surface area contributed by atoms with Crippen LogP contribution in [-0.4, -0.2) is 4.98 Å². The topological polar surface area (TPSA) is 26.0 Å². The fraction of sp³-hybridized carbons (Fsp3) is 0.235. The Kier molecular flexibility index (Phi) is 3.26. The van der Waals surface area contributed by atoms with E-state index in [0.717, 1.165) is 11.9 Å². The summed E-state index contributed by atoms with van der Waals surface area (Å²) in [5, 5.41) is 0. The summed E-state index contributed by atoms with van der Waals surface area (Å²) in [6, 6.07) is 12.5. The van der Waals surface area contributed by atoms with Crippen LogP contribution in [0.5, 0.6) is 0 Å². The number of hydrogen-bond donors (Lipinski definition) is 0. The molecule has 0 saturated carbocycles. The molecule has 1 aromatic heterocycles. The standard InChI is InChI=1S/C17H16FNO/c1-11(2)9-12-7-8-16-15(10-12)19-17(20-16)13-5-3-4-6-14(13)18/h3-8,10-11H,9H2,1-2H3. The summed E-state index contributed by atoms with van der Waals surface area (Å²) in [4.78, 5) is 4.41. The molecule has 102 valence electrons. The summed E-state index contributed by atoms with van der Waals surface area (Å²) in [5.41, 5.74) is 3.09. The predicted octanol–water partition coefficient (Wildman–Crippen LogP) is 4.83. The molecule has 0 aliphatic heterocycles. The van der Waals surface area contributed by atoms with Crippen LogP contribution in [0.15, 0.2) is 46.9 Å². The lowest BCUT2D eigenvalue weighted by atomic mass is 10.0. The minimum Gasteiger partial charge on any atom is -0.436 e. The lowest BCUT2D eigenvalue weighted by Gasteiger charge is -2.03. The molecule has 0 aliphatic rings. The van der Waals surface area contributed by atoms with Crippen LogP contribution in [0.3, 0.4) is 0 Å². The molecule has 2 aromatic carbocycles. The van der Waals surface area contributed by atoms with Crippen molar-refractivity contribution in [2.75, 3.05) is 0 Å². The van der Waals surface area contributed by atoms with E-state index in [-0.39, 0.29) is 5.82 Å². The Balaban J connectivity index is 2.05. The molecule has 2 nitrogen and oxygen atoms in total. The molecule has 0 atom stereocenters. The first-order chi connectivity index (χ1) is 9.63. The number of halogens is 1. The van der Waals surface area contributed by atoms with Gasteiger partial charge in [-0.15, -0.1) is 0 Å². The second-order valence-corrected chi connectivity index (χ2v) is 5.40. The molecular formula is C17H16FNO. The van der Waals surface area contributed by atoms with E-state index in [0.29, 0.717) is 23.0 Å². The molecule has 0 spiro atoms. The van der Waals surface area contributed by atoms with Gasteiger partial charge in [-0.1, -0.05) is 32.0 Å². The average molecular weight is 269 g/mol. The highest BCUT2D eigenvalue weighted by Gasteiger charge is 2.12. The number of nitrogens with zero attached hydrogens (tertiary/aromatic N) is 1. The molecule has 3 heteroatoms. The van der Waals surface area contributed by atoms with E-state index in [1.165, 1.54) is 11.6 Å². The summed E-state index contributed by atoms with van der Waals surface area (Å²) >= 11 is 0. The highest BCUT2D eigenvalue weighted by molar-refractivity contribution is 5.77. The van der Waals surface area contributed by atoms with Crippen LogP contribution in [0.25, 0.3) is 22.6 Å². The molecule has 0 saturated heterocycles. The normalized spacial score (nSPS) is 11.4. The van der Waals surface area contributed by atoms with Crippen LogP contribution in [0.4, 0.5) is 4.39 Å². The maximum atomic E-state index is 13.8. The minimum atomic E-state index is -0.318. The zero-order valence-electron chi connectivity index (χ0n) is 11.6. The Morgan fingerprint density at radius 1 is 1.15 bits per heavy atom. The Labute approximate surface area is 117 Å². The number of fused-ring (bicyclic) bond motifs is 1. The smallest absolute Gasteiger partial charge is 0.230 e. The van der Waals surface area contributed by atoms with E-state index in [4.69, 9.17) is 4.42 Å². The molecule has 20 heavy (non-hydrogen) atoms. The molecule has 0 fully saturated rings. The van der Waals surface area contributed by atoms with Crippen molar-refractivity contribution in [1.29, 1.82) is 0 Å². The van der Waals surface area contributed by atoms with Gasteiger partial charge in [-0.05, 0) is 42.2 Å². The van der Waals surface area contributed by atoms with Gasteiger partial charge in [-0.2, -0.15) is 0 Å². The van der Waals surface area contributed by atoms with Gasteiger partial charge in [0, 0.05) is 0 Å². The fourth-order valence-corrected chi connectivity index (χ4v) is 2.32. The van der Waals surface area contributed by atoms with Gasteiger partial charge in [-0.25, -0.2) is 9.37 Å². The van der Waals surface area contributed by atoms with Gasteiger partial charge >= 0.3 is 0 Å².